The number of nitrogens with zero attached hydrogens (tertiary/aromatic N) is 6. The molecule has 12 heteroatoms. The van der Waals surface area contributed by atoms with E-state index < -0.39 is 13.0 Å². The molecule has 12 nitrogen and oxygen atoms in total. The first kappa shape index (κ1) is 18.5. The first-order chi connectivity index (χ1) is 10.6. The van der Waals surface area contributed by atoms with Gasteiger partial charge >= 0.3 is 0 Å². The lowest BCUT2D eigenvalue weighted by atomic mass is 10.6. The maximum Gasteiger partial charge on any atom is 0.279 e. The summed E-state index contributed by atoms with van der Waals surface area (Å²) in [5.74, 6) is 0.184. The van der Waals surface area contributed by atoms with E-state index in [1.54, 1.807) is 7.05 Å². The van der Waals surface area contributed by atoms with E-state index in [4.69, 9.17) is 24.2 Å². The summed E-state index contributed by atoms with van der Waals surface area (Å²) in [4.78, 5) is 35.0. The molecule has 0 aromatic heterocycles. The van der Waals surface area contributed by atoms with Crippen molar-refractivity contribution in [3.05, 3.63) is 0 Å². The number of hydrogen-bond donors (Lipinski definition) is 1. The van der Waals surface area contributed by atoms with Crippen LogP contribution >= 0.6 is 0 Å². The van der Waals surface area contributed by atoms with Gasteiger partial charge < -0.3 is 5.11 Å². The molecule has 22 heavy (non-hydrogen) atoms. The third-order valence-electron chi connectivity index (χ3n) is 2.72. The molecule has 0 radical (unpaired) electrons. The van der Waals surface area contributed by atoms with Crippen LogP contribution in [0.15, 0.2) is 9.98 Å². The Bertz CT molecular complexity index is 399. The van der Waals surface area contributed by atoms with Crippen molar-refractivity contribution in [1.82, 2.24) is 20.4 Å². The molecular formula is C10H22N6O6. The molecule has 128 valence electrons. The molecule has 0 fully saturated rings. The zero-order valence-corrected chi connectivity index (χ0v) is 13.5. The van der Waals surface area contributed by atoms with Crippen LogP contribution in [0.1, 0.15) is 0 Å². The van der Waals surface area contributed by atoms with Crippen LogP contribution in [-0.4, -0.2) is 93.1 Å². The van der Waals surface area contributed by atoms with Gasteiger partial charge in [0, 0.05) is 7.05 Å². The predicted octanol–water partition coefficient (Wildman–Crippen LogP) is -1.41. The van der Waals surface area contributed by atoms with Crippen molar-refractivity contribution in [3.8, 4) is 0 Å². The minimum Gasteiger partial charge on any atom is -0.376 e. The summed E-state index contributed by atoms with van der Waals surface area (Å²) >= 11 is 0. The first-order valence-corrected chi connectivity index (χ1v) is 6.15. The lowest BCUT2D eigenvalue weighted by Crippen LogP contribution is -2.57. The van der Waals surface area contributed by atoms with E-state index in [1.807, 2.05) is 0 Å². The van der Waals surface area contributed by atoms with Crippen molar-refractivity contribution in [1.29, 1.82) is 0 Å². The number of aliphatic hydroxyl groups excluding tert-OH is 1. The van der Waals surface area contributed by atoms with Crippen molar-refractivity contribution in [3.63, 3.8) is 0 Å². The predicted molar refractivity (Wildman–Crippen MR) is 74.1 cm³/mol. The van der Waals surface area contributed by atoms with Gasteiger partial charge in [0.05, 0.1) is 35.5 Å². The van der Waals surface area contributed by atoms with Gasteiger partial charge in [0.2, 0.25) is 6.29 Å². The van der Waals surface area contributed by atoms with E-state index in [-0.39, 0.29) is 11.9 Å². The Morgan fingerprint density at radius 1 is 1.00 bits per heavy atom. The summed E-state index contributed by atoms with van der Waals surface area (Å²) < 4.78 is 0. The SMILES string of the molecule is CON(OC)C1=NC(N(C)OC)N(CO)C(N(OC)OC)=N1. The van der Waals surface area contributed by atoms with Crippen molar-refractivity contribution < 1.29 is 29.3 Å². The summed E-state index contributed by atoms with van der Waals surface area (Å²) in [6.45, 7) is -0.419. The highest BCUT2D eigenvalue weighted by atomic mass is 17.0. The van der Waals surface area contributed by atoms with E-state index in [9.17, 15) is 5.11 Å². The molecule has 0 bridgehead atoms. The molecule has 0 spiro atoms. The molecular weight excluding hydrogens is 300 g/mol. The highest BCUT2D eigenvalue weighted by Gasteiger charge is 2.35. The summed E-state index contributed by atoms with van der Waals surface area (Å²) in [5, 5.41) is 13.0. The third kappa shape index (κ3) is 3.80. The third-order valence-corrected chi connectivity index (χ3v) is 2.72. The van der Waals surface area contributed by atoms with Gasteiger partial charge in [0.15, 0.2) is 0 Å². The van der Waals surface area contributed by atoms with Crippen LogP contribution in [0.5, 0.6) is 0 Å². The van der Waals surface area contributed by atoms with Gasteiger partial charge in [-0.15, -0.1) is 5.06 Å². The Hall–Kier alpha value is -1.54. The molecule has 1 unspecified atom stereocenters. The molecule has 0 saturated heterocycles. The fourth-order valence-electron chi connectivity index (χ4n) is 1.68. The van der Waals surface area contributed by atoms with E-state index in [1.165, 1.54) is 45.5 Å². The molecule has 0 aromatic carbocycles. The zero-order chi connectivity index (χ0) is 16.7. The van der Waals surface area contributed by atoms with Crippen LogP contribution in [0.3, 0.4) is 0 Å². The lowest BCUT2D eigenvalue weighted by Gasteiger charge is -2.39. The summed E-state index contributed by atoms with van der Waals surface area (Å²) in [7, 11) is 8.63. The zero-order valence-electron chi connectivity index (χ0n) is 13.5. The number of hydrogen-bond acceptors (Lipinski definition) is 12. The van der Waals surface area contributed by atoms with E-state index in [0.29, 0.717) is 0 Å². The quantitative estimate of drug-likeness (QED) is 0.562. The molecule has 0 amide bonds. The summed E-state index contributed by atoms with van der Waals surface area (Å²) in [6.07, 6.45) is -0.766. The number of hydroxylamine groups is 6. The Labute approximate surface area is 128 Å². The second kappa shape index (κ2) is 8.79. The van der Waals surface area contributed by atoms with Gasteiger partial charge in [-0.25, -0.2) is 24.3 Å². The standard InChI is InChI=1S/C10H22N6O6/c1-13(18-2)9-11-8(15(19-3)20-4)12-10(14(9)7-17)16(21-5)22-6/h9,17H,7H2,1-6H3. The average molecular weight is 322 g/mol. The fourth-order valence-corrected chi connectivity index (χ4v) is 1.68. The smallest absolute Gasteiger partial charge is 0.279 e. The van der Waals surface area contributed by atoms with Crippen molar-refractivity contribution in [2.24, 2.45) is 9.98 Å². The van der Waals surface area contributed by atoms with Crippen LogP contribution in [-0.2, 0) is 24.2 Å². The molecule has 1 N–H and O–H groups in total. The van der Waals surface area contributed by atoms with Crippen LogP contribution in [0, 0.1) is 0 Å². The Morgan fingerprint density at radius 2 is 1.55 bits per heavy atom. The van der Waals surface area contributed by atoms with Crippen LogP contribution in [0.4, 0.5) is 0 Å². The Kier molecular flexibility index (Phi) is 7.40. The molecule has 0 saturated carbocycles. The van der Waals surface area contributed by atoms with Crippen molar-refractivity contribution in [2.75, 3.05) is 49.3 Å². The van der Waals surface area contributed by atoms with Gasteiger partial charge in [-0.05, 0) is 0 Å². The normalized spacial score (nSPS) is 18.4. The summed E-state index contributed by atoms with van der Waals surface area (Å²) in [6, 6.07) is 0. The maximum atomic E-state index is 9.64. The van der Waals surface area contributed by atoms with Gasteiger partial charge in [0.25, 0.3) is 11.9 Å². The minimum atomic E-state index is -0.766. The summed E-state index contributed by atoms with van der Waals surface area (Å²) in [5.41, 5.74) is 0. The van der Waals surface area contributed by atoms with Crippen LogP contribution in [0.25, 0.3) is 0 Å². The van der Waals surface area contributed by atoms with Crippen molar-refractivity contribution >= 4 is 11.9 Å². The number of aliphatic imine (C=N–C) groups is 2. The molecule has 0 aromatic rings. The Balaban J connectivity index is 3.27. The molecule has 1 aliphatic rings. The monoisotopic (exact) mass is 322 g/mol. The molecule has 1 heterocycles. The highest BCUT2D eigenvalue weighted by Crippen LogP contribution is 2.17. The number of rotatable bonds is 7. The number of aliphatic hydroxyl groups is 1. The first-order valence-electron chi connectivity index (χ1n) is 6.15. The van der Waals surface area contributed by atoms with Gasteiger partial charge in [-0.2, -0.15) is 4.99 Å². The second-order valence-corrected chi connectivity index (χ2v) is 3.77. The van der Waals surface area contributed by atoms with E-state index >= 15 is 0 Å². The average Bonchev–Trinajstić information content (AvgIpc) is 2.56. The van der Waals surface area contributed by atoms with Crippen LogP contribution < -0.4 is 0 Å². The van der Waals surface area contributed by atoms with Gasteiger partial charge in [-0.3, -0.25) is 9.74 Å². The maximum absolute atomic E-state index is 9.64. The largest absolute Gasteiger partial charge is 0.376 e. The fraction of sp³-hybridized carbons (Fsp3) is 0.800. The van der Waals surface area contributed by atoms with Crippen LogP contribution in [0.2, 0.25) is 0 Å². The lowest BCUT2D eigenvalue weighted by molar-refractivity contribution is -0.302. The van der Waals surface area contributed by atoms with Crippen molar-refractivity contribution in [2.45, 2.75) is 6.29 Å². The molecule has 1 aliphatic heterocycles. The molecule has 1 rings (SSSR count). The number of guanidine groups is 2. The minimum absolute atomic E-state index is 0.0673. The molecule has 1 atom stereocenters. The topological polar surface area (TPSA) is 104 Å². The van der Waals surface area contributed by atoms with E-state index in [0.717, 1.165) is 10.5 Å². The highest BCUT2D eigenvalue weighted by molar-refractivity contribution is 5.95. The second-order valence-electron chi connectivity index (χ2n) is 3.77. The van der Waals surface area contributed by atoms with Gasteiger partial charge in [-0.1, -0.05) is 10.5 Å². The Morgan fingerprint density at radius 3 is 1.95 bits per heavy atom. The van der Waals surface area contributed by atoms with E-state index in [2.05, 4.69) is 9.98 Å². The van der Waals surface area contributed by atoms with Gasteiger partial charge in [0.1, 0.15) is 6.73 Å². The molecule has 0 aliphatic carbocycles.